The van der Waals surface area contributed by atoms with Crippen molar-refractivity contribution in [2.75, 3.05) is 19.7 Å². The molecule has 1 saturated heterocycles. The minimum Gasteiger partial charge on any atom is -0.463 e. The van der Waals surface area contributed by atoms with E-state index in [-0.39, 0.29) is 24.4 Å². The van der Waals surface area contributed by atoms with Crippen LogP contribution in [0.15, 0.2) is 12.2 Å². The van der Waals surface area contributed by atoms with E-state index in [9.17, 15) is 14.4 Å². The lowest BCUT2D eigenvalue weighted by Gasteiger charge is -2.32. The van der Waals surface area contributed by atoms with Crippen LogP contribution < -0.4 is 5.32 Å². The third-order valence-corrected chi connectivity index (χ3v) is 2.62. The van der Waals surface area contributed by atoms with Gasteiger partial charge >= 0.3 is 5.97 Å². The largest absolute Gasteiger partial charge is 0.463 e. The first kappa shape index (κ1) is 14.4. The molecule has 6 nitrogen and oxygen atoms in total. The van der Waals surface area contributed by atoms with Crippen LogP contribution in [0.2, 0.25) is 0 Å². The molecule has 0 bridgehead atoms. The predicted octanol–water partition coefficient (Wildman–Crippen LogP) is -0.157. The van der Waals surface area contributed by atoms with E-state index in [4.69, 9.17) is 4.74 Å². The minimum absolute atomic E-state index is 0.164. The number of rotatable bonds is 5. The van der Waals surface area contributed by atoms with Crippen molar-refractivity contribution < 1.29 is 19.1 Å². The first-order valence-corrected chi connectivity index (χ1v) is 5.99. The topological polar surface area (TPSA) is 75.7 Å². The molecule has 1 heterocycles. The van der Waals surface area contributed by atoms with Crippen molar-refractivity contribution in [2.45, 2.75) is 26.3 Å². The van der Waals surface area contributed by atoms with Gasteiger partial charge in [0, 0.05) is 12.6 Å². The monoisotopic (exact) mass is 254 g/mol. The lowest BCUT2D eigenvalue weighted by Crippen LogP contribution is -2.57. The summed E-state index contributed by atoms with van der Waals surface area (Å²) in [4.78, 5) is 35.6. The maximum atomic E-state index is 11.6. The zero-order valence-electron chi connectivity index (χ0n) is 10.6. The Morgan fingerprint density at radius 1 is 1.50 bits per heavy atom. The van der Waals surface area contributed by atoms with E-state index in [1.165, 1.54) is 6.08 Å². The molecule has 1 aliphatic rings. The Morgan fingerprint density at radius 2 is 2.22 bits per heavy atom. The first-order valence-electron chi connectivity index (χ1n) is 5.99. The molecule has 1 fully saturated rings. The number of nitrogens with one attached hydrogen (secondary N) is 1. The second-order valence-corrected chi connectivity index (χ2v) is 3.92. The quantitative estimate of drug-likeness (QED) is 0.419. The van der Waals surface area contributed by atoms with Crippen LogP contribution in [-0.2, 0) is 19.1 Å². The number of piperazine rings is 1. The van der Waals surface area contributed by atoms with Gasteiger partial charge in [0.15, 0.2) is 0 Å². The maximum Gasteiger partial charge on any atom is 0.330 e. The predicted molar refractivity (Wildman–Crippen MR) is 64.6 cm³/mol. The number of nitrogens with zero attached hydrogens (tertiary/aromatic N) is 1. The molecule has 0 aromatic rings. The molecular formula is C12H18N2O4. The Kier molecular flexibility index (Phi) is 5.51. The number of imide groups is 1. The van der Waals surface area contributed by atoms with Gasteiger partial charge in [-0.1, -0.05) is 13.0 Å². The van der Waals surface area contributed by atoms with Crippen LogP contribution in [0.25, 0.3) is 0 Å². The second kappa shape index (κ2) is 6.90. The Labute approximate surface area is 106 Å². The number of carbonyl (C=O) groups is 3. The number of amides is 2. The van der Waals surface area contributed by atoms with Gasteiger partial charge in [0.2, 0.25) is 11.8 Å². The van der Waals surface area contributed by atoms with Crippen molar-refractivity contribution in [3.05, 3.63) is 12.2 Å². The standard InChI is InChI=1S/C12H18N2O4/c1-3-9-12(17)13-10(15)8-14(9)7-5-6-11(16)18-4-2/h5-6,9H,3-4,7-8H2,1-2H3,(H,13,15,17)/b6-5+. The Morgan fingerprint density at radius 3 is 2.83 bits per heavy atom. The molecule has 0 aromatic carbocycles. The van der Waals surface area contributed by atoms with Gasteiger partial charge < -0.3 is 4.74 Å². The average Bonchev–Trinajstić information content (AvgIpc) is 2.28. The third kappa shape index (κ3) is 3.96. The number of carbonyl (C=O) groups excluding carboxylic acids is 3. The van der Waals surface area contributed by atoms with Crippen molar-refractivity contribution in [1.82, 2.24) is 10.2 Å². The van der Waals surface area contributed by atoms with Crippen LogP contribution in [0.1, 0.15) is 20.3 Å². The zero-order chi connectivity index (χ0) is 13.5. The number of hydrogen-bond donors (Lipinski definition) is 1. The van der Waals surface area contributed by atoms with Crippen molar-refractivity contribution in [3.63, 3.8) is 0 Å². The maximum absolute atomic E-state index is 11.6. The van der Waals surface area contributed by atoms with E-state index in [0.717, 1.165) is 0 Å². The summed E-state index contributed by atoms with van der Waals surface area (Å²) in [6.45, 7) is 4.47. The summed E-state index contributed by atoms with van der Waals surface area (Å²) in [5, 5.41) is 2.29. The van der Waals surface area contributed by atoms with Gasteiger partial charge in [-0.05, 0) is 13.3 Å². The molecule has 0 spiro atoms. The molecule has 2 amide bonds. The molecule has 100 valence electrons. The molecule has 0 radical (unpaired) electrons. The van der Waals surface area contributed by atoms with Crippen LogP contribution in [0.4, 0.5) is 0 Å². The molecule has 18 heavy (non-hydrogen) atoms. The number of hydrogen-bond acceptors (Lipinski definition) is 5. The molecule has 1 N–H and O–H groups in total. The summed E-state index contributed by atoms with van der Waals surface area (Å²) in [7, 11) is 0. The van der Waals surface area contributed by atoms with E-state index in [2.05, 4.69) is 5.32 Å². The molecule has 0 aromatic heterocycles. The molecule has 1 atom stereocenters. The molecule has 0 saturated carbocycles. The Bertz CT molecular complexity index is 365. The normalized spacial score (nSPS) is 21.1. The van der Waals surface area contributed by atoms with Gasteiger partial charge in [-0.15, -0.1) is 0 Å². The number of esters is 1. The first-order chi connectivity index (χ1) is 8.58. The van der Waals surface area contributed by atoms with E-state index >= 15 is 0 Å². The second-order valence-electron chi connectivity index (χ2n) is 3.92. The van der Waals surface area contributed by atoms with E-state index in [0.29, 0.717) is 19.6 Å². The fraction of sp³-hybridized carbons (Fsp3) is 0.583. The lowest BCUT2D eigenvalue weighted by atomic mass is 10.1. The van der Waals surface area contributed by atoms with Crippen molar-refractivity contribution in [3.8, 4) is 0 Å². The van der Waals surface area contributed by atoms with Gasteiger partial charge in [-0.2, -0.15) is 0 Å². The van der Waals surface area contributed by atoms with Crippen molar-refractivity contribution in [2.24, 2.45) is 0 Å². The summed E-state index contributed by atoms with van der Waals surface area (Å²) in [5.74, 6) is -1.01. The van der Waals surface area contributed by atoms with Gasteiger partial charge in [-0.25, -0.2) is 4.79 Å². The van der Waals surface area contributed by atoms with Crippen LogP contribution in [-0.4, -0.2) is 48.4 Å². The fourth-order valence-corrected chi connectivity index (χ4v) is 1.83. The summed E-state index contributed by atoms with van der Waals surface area (Å²) in [5.41, 5.74) is 0. The highest BCUT2D eigenvalue weighted by molar-refractivity contribution is 6.01. The highest BCUT2D eigenvalue weighted by Crippen LogP contribution is 2.08. The Hall–Kier alpha value is -1.69. The van der Waals surface area contributed by atoms with Crippen LogP contribution >= 0.6 is 0 Å². The molecular weight excluding hydrogens is 236 g/mol. The summed E-state index contributed by atoms with van der Waals surface area (Å²) in [6, 6.07) is -0.324. The van der Waals surface area contributed by atoms with E-state index in [1.807, 2.05) is 6.92 Å². The Balaban J connectivity index is 2.55. The number of ether oxygens (including phenoxy) is 1. The molecule has 1 unspecified atom stereocenters. The van der Waals surface area contributed by atoms with Gasteiger partial charge in [0.1, 0.15) is 0 Å². The van der Waals surface area contributed by atoms with Gasteiger partial charge in [0.05, 0.1) is 19.2 Å². The summed E-state index contributed by atoms with van der Waals surface area (Å²) < 4.78 is 4.74. The average molecular weight is 254 g/mol. The summed E-state index contributed by atoms with van der Waals surface area (Å²) in [6.07, 6.45) is 3.53. The van der Waals surface area contributed by atoms with Crippen LogP contribution in [0, 0.1) is 0 Å². The molecule has 6 heteroatoms. The highest BCUT2D eigenvalue weighted by Gasteiger charge is 2.31. The van der Waals surface area contributed by atoms with Gasteiger partial charge in [0.25, 0.3) is 0 Å². The summed E-state index contributed by atoms with van der Waals surface area (Å²) >= 11 is 0. The van der Waals surface area contributed by atoms with Crippen LogP contribution in [0.3, 0.4) is 0 Å². The molecule has 0 aliphatic carbocycles. The van der Waals surface area contributed by atoms with Gasteiger partial charge in [-0.3, -0.25) is 19.8 Å². The van der Waals surface area contributed by atoms with Crippen LogP contribution in [0.5, 0.6) is 0 Å². The van der Waals surface area contributed by atoms with Crippen molar-refractivity contribution in [1.29, 1.82) is 0 Å². The van der Waals surface area contributed by atoms with Crippen molar-refractivity contribution >= 4 is 17.8 Å². The highest BCUT2D eigenvalue weighted by atomic mass is 16.5. The van der Waals surface area contributed by atoms with E-state index < -0.39 is 5.97 Å². The van der Waals surface area contributed by atoms with E-state index in [1.54, 1.807) is 17.9 Å². The third-order valence-electron chi connectivity index (χ3n) is 2.62. The molecule has 1 rings (SSSR count). The smallest absolute Gasteiger partial charge is 0.330 e. The zero-order valence-corrected chi connectivity index (χ0v) is 10.6. The fourth-order valence-electron chi connectivity index (χ4n) is 1.83. The molecule has 1 aliphatic heterocycles. The lowest BCUT2D eigenvalue weighted by molar-refractivity contribution is -0.140. The minimum atomic E-state index is -0.418. The SMILES string of the molecule is CCOC(=O)/C=C/CN1CC(=O)NC(=O)C1CC.